The molecular formula is C15H18N4O2. The summed E-state index contributed by atoms with van der Waals surface area (Å²) in [6, 6.07) is 1.41. The zero-order chi connectivity index (χ0) is 14.9. The summed E-state index contributed by atoms with van der Waals surface area (Å²) in [6.45, 7) is 5.67. The van der Waals surface area contributed by atoms with E-state index in [-0.39, 0.29) is 11.3 Å². The molecule has 0 spiro atoms. The van der Waals surface area contributed by atoms with E-state index in [1.165, 1.54) is 6.07 Å². The molecule has 3 atom stereocenters. The fourth-order valence-electron chi connectivity index (χ4n) is 3.74. The summed E-state index contributed by atoms with van der Waals surface area (Å²) in [5.41, 5.74) is 1.52. The predicted molar refractivity (Wildman–Crippen MR) is 78.1 cm³/mol. The number of H-pyrrole nitrogens is 1. The fraction of sp³-hybridized carbons (Fsp3) is 0.533. The van der Waals surface area contributed by atoms with Crippen LogP contribution in [0.1, 0.15) is 23.1 Å². The van der Waals surface area contributed by atoms with Gasteiger partial charge in [0.2, 0.25) is 0 Å². The molecule has 1 amide bonds. The van der Waals surface area contributed by atoms with E-state index in [2.05, 4.69) is 17.0 Å². The second kappa shape index (κ2) is 3.96. The molecule has 21 heavy (non-hydrogen) atoms. The Bertz CT molecular complexity index is 807. The van der Waals surface area contributed by atoms with E-state index in [0.29, 0.717) is 34.3 Å². The first-order valence-electron chi connectivity index (χ1n) is 7.33. The molecule has 1 saturated carbocycles. The largest absolute Gasteiger partial charge is 0.337 e. The van der Waals surface area contributed by atoms with Crippen LogP contribution in [0.5, 0.6) is 0 Å². The summed E-state index contributed by atoms with van der Waals surface area (Å²) >= 11 is 0. The molecule has 2 fully saturated rings. The molecule has 110 valence electrons. The lowest BCUT2D eigenvalue weighted by Crippen LogP contribution is -2.32. The second-order valence-electron chi connectivity index (χ2n) is 6.38. The van der Waals surface area contributed by atoms with Crippen molar-refractivity contribution >= 4 is 16.9 Å². The zero-order valence-electron chi connectivity index (χ0n) is 12.4. The Balaban J connectivity index is 1.72. The topological polar surface area (TPSA) is 71.0 Å². The number of likely N-dealkylation sites (tertiary alicyclic amines) is 1. The highest BCUT2D eigenvalue weighted by atomic mass is 16.2. The molecule has 2 aliphatic rings. The van der Waals surface area contributed by atoms with Crippen molar-refractivity contribution in [3.05, 3.63) is 27.7 Å². The Morgan fingerprint density at radius 2 is 2.05 bits per heavy atom. The van der Waals surface area contributed by atoms with Gasteiger partial charge in [0, 0.05) is 26.2 Å². The SMILES string of the molecule is Cc1nn(C)c2[nH]c(C(=O)N3C[C@@H]4C(C)[C@@H]4C3)cc(=O)c12. The fourth-order valence-corrected chi connectivity index (χ4v) is 3.74. The third kappa shape index (κ3) is 1.68. The maximum absolute atomic E-state index is 12.6. The summed E-state index contributed by atoms with van der Waals surface area (Å²) in [5, 5.41) is 4.80. The molecule has 1 aliphatic carbocycles. The van der Waals surface area contributed by atoms with Gasteiger partial charge in [-0.3, -0.25) is 14.3 Å². The molecule has 2 aromatic rings. The van der Waals surface area contributed by atoms with E-state index in [9.17, 15) is 9.59 Å². The van der Waals surface area contributed by atoms with Gasteiger partial charge in [0.15, 0.2) is 5.43 Å². The Morgan fingerprint density at radius 1 is 1.38 bits per heavy atom. The van der Waals surface area contributed by atoms with E-state index < -0.39 is 0 Å². The molecule has 4 rings (SSSR count). The van der Waals surface area contributed by atoms with Crippen LogP contribution in [0.25, 0.3) is 11.0 Å². The standard InChI is InChI=1S/C15H18N4O2/c1-7-9-5-19(6-10(7)9)15(21)11-4-12(20)13-8(2)17-18(3)14(13)16-11/h4,7,9-10H,5-6H2,1-3H3,(H,16,20)/t7?,9-,10+. The van der Waals surface area contributed by atoms with E-state index in [0.717, 1.165) is 19.0 Å². The van der Waals surface area contributed by atoms with Crippen LogP contribution in [0.3, 0.4) is 0 Å². The maximum Gasteiger partial charge on any atom is 0.270 e. The first-order chi connectivity index (χ1) is 9.97. The van der Waals surface area contributed by atoms with E-state index >= 15 is 0 Å². The van der Waals surface area contributed by atoms with Crippen molar-refractivity contribution < 1.29 is 4.79 Å². The van der Waals surface area contributed by atoms with Gasteiger partial charge in [0.05, 0.1) is 11.1 Å². The van der Waals surface area contributed by atoms with Crippen LogP contribution in [-0.2, 0) is 7.05 Å². The number of hydrogen-bond acceptors (Lipinski definition) is 3. The molecule has 0 aromatic carbocycles. The molecule has 2 aromatic heterocycles. The number of rotatable bonds is 1. The molecule has 0 bridgehead atoms. The van der Waals surface area contributed by atoms with Gasteiger partial charge in [0.25, 0.3) is 5.91 Å². The van der Waals surface area contributed by atoms with Crippen LogP contribution in [0.15, 0.2) is 10.9 Å². The van der Waals surface area contributed by atoms with Crippen molar-refractivity contribution in [3.63, 3.8) is 0 Å². The van der Waals surface area contributed by atoms with Crippen LogP contribution in [-0.4, -0.2) is 38.7 Å². The molecule has 1 aliphatic heterocycles. The number of carbonyl (C=O) groups is 1. The average molecular weight is 286 g/mol. The molecule has 6 heteroatoms. The highest BCUT2D eigenvalue weighted by Crippen LogP contribution is 2.51. The molecule has 6 nitrogen and oxygen atoms in total. The number of hydrogen-bond donors (Lipinski definition) is 1. The highest BCUT2D eigenvalue weighted by Gasteiger charge is 2.53. The summed E-state index contributed by atoms with van der Waals surface area (Å²) in [7, 11) is 1.77. The summed E-state index contributed by atoms with van der Waals surface area (Å²) in [5.74, 6) is 1.98. The molecule has 1 N–H and O–H groups in total. The third-order valence-electron chi connectivity index (χ3n) is 5.14. The van der Waals surface area contributed by atoms with Crippen LogP contribution in [0.2, 0.25) is 0 Å². The molecule has 1 saturated heterocycles. The highest BCUT2D eigenvalue weighted by molar-refractivity contribution is 5.95. The first kappa shape index (κ1) is 12.6. The minimum atomic E-state index is -0.143. The summed E-state index contributed by atoms with van der Waals surface area (Å²) in [4.78, 5) is 29.7. The van der Waals surface area contributed by atoms with Crippen molar-refractivity contribution in [1.29, 1.82) is 0 Å². The lowest BCUT2D eigenvalue weighted by atomic mass is 10.2. The maximum atomic E-state index is 12.6. The Morgan fingerprint density at radius 3 is 2.71 bits per heavy atom. The monoisotopic (exact) mass is 286 g/mol. The van der Waals surface area contributed by atoms with Gasteiger partial charge >= 0.3 is 0 Å². The number of aryl methyl sites for hydroxylation is 2. The first-order valence-corrected chi connectivity index (χ1v) is 7.33. The minimum Gasteiger partial charge on any atom is -0.337 e. The van der Waals surface area contributed by atoms with Crippen LogP contribution >= 0.6 is 0 Å². The normalized spacial score (nSPS) is 27.2. The van der Waals surface area contributed by atoms with Gasteiger partial charge in [-0.15, -0.1) is 0 Å². The number of carbonyl (C=O) groups excluding carboxylic acids is 1. The molecule has 1 unspecified atom stereocenters. The quantitative estimate of drug-likeness (QED) is 0.847. The smallest absolute Gasteiger partial charge is 0.270 e. The van der Waals surface area contributed by atoms with Gasteiger partial charge in [-0.1, -0.05) is 6.92 Å². The van der Waals surface area contributed by atoms with Crippen molar-refractivity contribution in [1.82, 2.24) is 19.7 Å². The molecular weight excluding hydrogens is 268 g/mol. The van der Waals surface area contributed by atoms with Crippen molar-refractivity contribution in [3.8, 4) is 0 Å². The van der Waals surface area contributed by atoms with E-state index in [1.54, 1.807) is 18.7 Å². The predicted octanol–water partition coefficient (Wildman–Crippen LogP) is 0.908. The number of nitrogens with zero attached hydrogens (tertiary/aromatic N) is 3. The van der Waals surface area contributed by atoms with Crippen LogP contribution in [0.4, 0.5) is 0 Å². The van der Waals surface area contributed by atoms with Crippen LogP contribution in [0, 0.1) is 24.7 Å². The Kier molecular flexibility index (Phi) is 2.38. The average Bonchev–Trinajstić information content (AvgIpc) is 2.80. The van der Waals surface area contributed by atoms with Crippen molar-refractivity contribution in [2.75, 3.05) is 13.1 Å². The van der Waals surface area contributed by atoms with Crippen molar-refractivity contribution in [2.24, 2.45) is 24.8 Å². The summed E-state index contributed by atoms with van der Waals surface area (Å²) in [6.07, 6.45) is 0. The third-order valence-corrected chi connectivity index (χ3v) is 5.14. The van der Waals surface area contributed by atoms with Gasteiger partial charge in [-0.05, 0) is 24.7 Å². The minimum absolute atomic E-state index is 0.0766. The summed E-state index contributed by atoms with van der Waals surface area (Å²) < 4.78 is 1.62. The number of fused-ring (bicyclic) bond motifs is 2. The number of amides is 1. The van der Waals surface area contributed by atoms with Gasteiger partial charge in [-0.25, -0.2) is 0 Å². The number of piperidine rings is 1. The van der Waals surface area contributed by atoms with E-state index in [4.69, 9.17) is 0 Å². The van der Waals surface area contributed by atoms with Gasteiger partial charge in [0.1, 0.15) is 11.3 Å². The Labute approximate surface area is 121 Å². The van der Waals surface area contributed by atoms with Crippen LogP contribution < -0.4 is 5.43 Å². The lowest BCUT2D eigenvalue weighted by molar-refractivity contribution is 0.0763. The molecule has 3 heterocycles. The Hall–Kier alpha value is -2.11. The number of nitrogens with one attached hydrogen (secondary N) is 1. The number of pyridine rings is 1. The number of aromatic nitrogens is 3. The van der Waals surface area contributed by atoms with E-state index in [1.807, 2.05) is 4.90 Å². The lowest BCUT2D eigenvalue weighted by Gasteiger charge is -2.18. The molecule has 0 radical (unpaired) electrons. The van der Waals surface area contributed by atoms with Gasteiger partial charge in [-0.2, -0.15) is 5.10 Å². The number of aromatic amines is 1. The van der Waals surface area contributed by atoms with Crippen molar-refractivity contribution in [2.45, 2.75) is 13.8 Å². The second-order valence-corrected chi connectivity index (χ2v) is 6.38. The van der Waals surface area contributed by atoms with Gasteiger partial charge < -0.3 is 9.88 Å². The zero-order valence-corrected chi connectivity index (χ0v) is 12.4.